The van der Waals surface area contributed by atoms with Crippen LogP contribution >= 0.6 is 0 Å². The van der Waals surface area contributed by atoms with E-state index in [9.17, 15) is 0 Å². The summed E-state index contributed by atoms with van der Waals surface area (Å²) >= 11 is 0. The third-order valence-corrected chi connectivity index (χ3v) is 2.30. The lowest BCUT2D eigenvalue weighted by Crippen LogP contribution is -2.03. The topological polar surface area (TPSA) is 0 Å². The summed E-state index contributed by atoms with van der Waals surface area (Å²) in [7, 11) is 0. The summed E-state index contributed by atoms with van der Waals surface area (Å²) in [6.45, 7) is 6.60. The van der Waals surface area contributed by atoms with Crippen molar-refractivity contribution in [3.8, 4) is 0 Å². The summed E-state index contributed by atoms with van der Waals surface area (Å²) in [5.41, 5.74) is 1.41. The molecule has 1 aromatic carbocycles. The second-order valence-corrected chi connectivity index (χ2v) is 3.71. The lowest BCUT2D eigenvalue weighted by atomic mass is 9.88. The van der Waals surface area contributed by atoms with Gasteiger partial charge < -0.3 is 0 Å². The first-order chi connectivity index (χ1) is 6.25. The lowest BCUT2D eigenvalue weighted by molar-refractivity contribution is 0.578. The predicted octanol–water partition coefficient (Wildman–Crippen LogP) is 4.00. The highest BCUT2D eigenvalue weighted by molar-refractivity contribution is 5.24. The summed E-state index contributed by atoms with van der Waals surface area (Å²) in [4.78, 5) is 0. The number of allylic oxidation sites excluding steroid dienone is 2. The van der Waals surface area contributed by atoms with E-state index in [1.807, 2.05) is 0 Å². The molecule has 0 N–H and O–H groups in total. The molecule has 0 unspecified atom stereocenters. The van der Waals surface area contributed by atoms with E-state index in [1.165, 1.54) is 5.56 Å². The van der Waals surface area contributed by atoms with Crippen LogP contribution in [0.15, 0.2) is 42.5 Å². The molecule has 0 aliphatic carbocycles. The van der Waals surface area contributed by atoms with Gasteiger partial charge in [-0.15, -0.1) is 0 Å². The molecule has 0 aromatic heterocycles. The van der Waals surface area contributed by atoms with Gasteiger partial charge in [-0.25, -0.2) is 0 Å². The van der Waals surface area contributed by atoms with Crippen LogP contribution in [0.2, 0.25) is 0 Å². The Bertz CT molecular complexity index is 257. The average molecular weight is 174 g/mol. The van der Waals surface area contributed by atoms with Gasteiger partial charge in [0.1, 0.15) is 0 Å². The Morgan fingerprint density at radius 1 is 1.08 bits per heavy atom. The molecule has 0 saturated carbocycles. The Morgan fingerprint density at radius 2 is 1.69 bits per heavy atom. The zero-order chi connectivity index (χ0) is 9.68. The van der Waals surface area contributed by atoms with Crippen LogP contribution in [-0.2, 0) is 0 Å². The quantitative estimate of drug-likeness (QED) is 0.607. The van der Waals surface area contributed by atoms with Crippen LogP contribution < -0.4 is 0 Å². The summed E-state index contributed by atoms with van der Waals surface area (Å²) in [5, 5.41) is 0. The van der Waals surface area contributed by atoms with E-state index in [0.717, 1.165) is 0 Å². The van der Waals surface area contributed by atoms with Gasteiger partial charge in [-0.2, -0.15) is 0 Å². The van der Waals surface area contributed by atoms with Crippen LogP contribution in [-0.4, -0.2) is 0 Å². The van der Waals surface area contributed by atoms with Crippen molar-refractivity contribution in [3.05, 3.63) is 48.0 Å². The molecule has 0 fully saturated rings. The molecule has 0 heteroatoms. The molecule has 0 bridgehead atoms. The molecule has 0 heterocycles. The highest BCUT2D eigenvalue weighted by Gasteiger charge is 2.10. The second kappa shape index (κ2) is 4.86. The van der Waals surface area contributed by atoms with Crippen molar-refractivity contribution < 1.29 is 0 Å². The number of benzene rings is 1. The van der Waals surface area contributed by atoms with Crippen molar-refractivity contribution in [2.24, 2.45) is 5.92 Å². The summed E-state index contributed by atoms with van der Waals surface area (Å²) in [6, 6.07) is 10.7. The molecule has 0 aliphatic rings. The largest absolute Gasteiger partial charge is 0.0910 e. The van der Waals surface area contributed by atoms with Crippen LogP contribution in [0.5, 0.6) is 0 Å². The number of hydrogen-bond donors (Lipinski definition) is 0. The maximum absolute atomic E-state index is 2.28. The Kier molecular flexibility index (Phi) is 3.75. The van der Waals surface area contributed by atoms with Gasteiger partial charge in [0.15, 0.2) is 0 Å². The fourth-order valence-electron chi connectivity index (χ4n) is 1.60. The highest BCUT2D eigenvalue weighted by atomic mass is 14.1. The minimum Gasteiger partial charge on any atom is -0.0910 e. The van der Waals surface area contributed by atoms with E-state index in [0.29, 0.717) is 11.8 Å². The maximum Gasteiger partial charge on any atom is 0.00408 e. The minimum atomic E-state index is 0.561. The van der Waals surface area contributed by atoms with Gasteiger partial charge in [-0.3, -0.25) is 0 Å². The van der Waals surface area contributed by atoms with Gasteiger partial charge in [0.05, 0.1) is 0 Å². The van der Waals surface area contributed by atoms with Crippen LogP contribution in [0.3, 0.4) is 0 Å². The monoisotopic (exact) mass is 174 g/mol. The molecule has 1 atom stereocenters. The predicted molar refractivity (Wildman–Crippen MR) is 58.8 cm³/mol. The third kappa shape index (κ3) is 2.73. The van der Waals surface area contributed by atoms with Gasteiger partial charge in [-0.1, -0.05) is 56.3 Å². The molecule has 0 radical (unpaired) electrons. The van der Waals surface area contributed by atoms with E-state index >= 15 is 0 Å². The van der Waals surface area contributed by atoms with Gasteiger partial charge in [0, 0.05) is 5.92 Å². The normalized spacial score (nSPS) is 13.8. The summed E-state index contributed by atoms with van der Waals surface area (Å²) in [6.07, 6.45) is 4.41. The lowest BCUT2D eigenvalue weighted by Gasteiger charge is -2.16. The summed E-state index contributed by atoms with van der Waals surface area (Å²) in [5.74, 6) is 1.23. The Hall–Kier alpha value is -1.04. The molecule has 70 valence electrons. The molecular weight excluding hydrogens is 156 g/mol. The average Bonchev–Trinajstić information content (AvgIpc) is 2.15. The van der Waals surface area contributed by atoms with E-state index in [1.54, 1.807) is 0 Å². The van der Waals surface area contributed by atoms with Crippen LogP contribution in [0.25, 0.3) is 0 Å². The minimum absolute atomic E-state index is 0.561. The van der Waals surface area contributed by atoms with Crippen molar-refractivity contribution in [1.82, 2.24) is 0 Å². The Labute approximate surface area is 81.3 Å². The van der Waals surface area contributed by atoms with E-state index in [4.69, 9.17) is 0 Å². The van der Waals surface area contributed by atoms with Crippen molar-refractivity contribution in [1.29, 1.82) is 0 Å². The molecule has 0 aliphatic heterocycles. The SMILES string of the molecule is CC=C[C@@H](c1ccccc1)C(C)C. The van der Waals surface area contributed by atoms with Crippen molar-refractivity contribution >= 4 is 0 Å². The third-order valence-electron chi connectivity index (χ3n) is 2.30. The standard InChI is InChI=1S/C13H18/c1-4-8-13(11(2)3)12-9-6-5-7-10-12/h4-11,13H,1-3H3/t13-/m1/s1. The van der Waals surface area contributed by atoms with Crippen LogP contribution in [0.1, 0.15) is 32.3 Å². The number of rotatable bonds is 3. The maximum atomic E-state index is 2.28. The molecule has 0 spiro atoms. The smallest absolute Gasteiger partial charge is 0.00408 e. The van der Waals surface area contributed by atoms with Crippen LogP contribution in [0, 0.1) is 5.92 Å². The molecule has 1 aromatic rings. The molecular formula is C13H18. The van der Waals surface area contributed by atoms with Gasteiger partial charge in [-0.05, 0) is 18.4 Å². The van der Waals surface area contributed by atoms with Crippen LogP contribution in [0.4, 0.5) is 0 Å². The second-order valence-electron chi connectivity index (χ2n) is 3.71. The zero-order valence-corrected chi connectivity index (χ0v) is 8.70. The van der Waals surface area contributed by atoms with E-state index in [2.05, 4.69) is 63.3 Å². The van der Waals surface area contributed by atoms with Gasteiger partial charge >= 0.3 is 0 Å². The molecule has 13 heavy (non-hydrogen) atoms. The zero-order valence-electron chi connectivity index (χ0n) is 8.70. The van der Waals surface area contributed by atoms with Crippen molar-refractivity contribution in [2.75, 3.05) is 0 Å². The fraction of sp³-hybridized carbons (Fsp3) is 0.385. The summed E-state index contributed by atoms with van der Waals surface area (Å²) < 4.78 is 0. The molecule has 0 amide bonds. The first-order valence-corrected chi connectivity index (χ1v) is 4.93. The molecule has 1 rings (SSSR count). The first-order valence-electron chi connectivity index (χ1n) is 4.93. The molecule has 0 nitrogen and oxygen atoms in total. The Balaban J connectivity index is 2.89. The highest BCUT2D eigenvalue weighted by Crippen LogP contribution is 2.25. The first kappa shape index (κ1) is 10.0. The van der Waals surface area contributed by atoms with Crippen molar-refractivity contribution in [3.63, 3.8) is 0 Å². The van der Waals surface area contributed by atoms with Gasteiger partial charge in [0.2, 0.25) is 0 Å². The fourth-order valence-corrected chi connectivity index (χ4v) is 1.60. The van der Waals surface area contributed by atoms with E-state index < -0.39 is 0 Å². The Morgan fingerprint density at radius 3 is 2.15 bits per heavy atom. The van der Waals surface area contributed by atoms with Gasteiger partial charge in [0.25, 0.3) is 0 Å². The van der Waals surface area contributed by atoms with E-state index in [-0.39, 0.29) is 0 Å². The number of hydrogen-bond acceptors (Lipinski definition) is 0. The van der Waals surface area contributed by atoms with Crippen molar-refractivity contribution in [2.45, 2.75) is 26.7 Å². The molecule has 0 saturated heterocycles.